The molecule has 1 saturated heterocycles. The summed E-state index contributed by atoms with van der Waals surface area (Å²) in [6, 6.07) is 4.15. The first kappa shape index (κ1) is 13.6. The first-order valence-corrected chi connectivity index (χ1v) is 6.72. The van der Waals surface area contributed by atoms with Crippen LogP contribution in [-0.2, 0) is 22.4 Å². The lowest BCUT2D eigenvalue weighted by Crippen LogP contribution is -2.42. The molecule has 1 fully saturated rings. The summed E-state index contributed by atoms with van der Waals surface area (Å²) < 4.78 is 16.6. The largest absolute Gasteiger partial charge is 0.465 e. The van der Waals surface area contributed by atoms with Gasteiger partial charge in [0.15, 0.2) is 0 Å². The third-order valence-electron chi connectivity index (χ3n) is 3.31. The van der Waals surface area contributed by atoms with Gasteiger partial charge < -0.3 is 13.9 Å². The zero-order chi connectivity index (χ0) is 12.8. The monoisotopic (exact) mass is 253 g/mol. The highest BCUT2D eigenvalue weighted by molar-refractivity contribution is 5.07. The van der Waals surface area contributed by atoms with E-state index >= 15 is 0 Å². The molecule has 1 aromatic heterocycles. The molecule has 0 spiro atoms. The fraction of sp³-hybridized carbons (Fsp3) is 0.714. The summed E-state index contributed by atoms with van der Waals surface area (Å²) in [7, 11) is 1.73. The van der Waals surface area contributed by atoms with Crippen molar-refractivity contribution >= 4 is 0 Å². The van der Waals surface area contributed by atoms with Crippen LogP contribution in [0.5, 0.6) is 0 Å². The minimum atomic E-state index is 0.291. The van der Waals surface area contributed by atoms with Crippen LogP contribution < -0.4 is 0 Å². The maximum Gasteiger partial charge on any atom is 0.118 e. The molecule has 2 heterocycles. The van der Waals surface area contributed by atoms with Gasteiger partial charge in [-0.05, 0) is 18.6 Å². The molecule has 1 aromatic rings. The van der Waals surface area contributed by atoms with E-state index in [2.05, 4.69) is 24.0 Å². The number of hydrogen-bond donors (Lipinski definition) is 0. The minimum absolute atomic E-state index is 0.291. The Hall–Kier alpha value is -0.840. The predicted octanol–water partition coefficient (Wildman–Crippen LogP) is 2.08. The molecule has 0 N–H and O–H groups in total. The van der Waals surface area contributed by atoms with Crippen molar-refractivity contribution in [2.45, 2.75) is 32.4 Å². The molecule has 0 saturated carbocycles. The number of ether oxygens (including phenoxy) is 2. The molecule has 0 radical (unpaired) electrons. The number of aryl methyl sites for hydroxylation is 1. The van der Waals surface area contributed by atoms with E-state index < -0.39 is 0 Å². The first-order valence-electron chi connectivity index (χ1n) is 6.72. The van der Waals surface area contributed by atoms with Crippen molar-refractivity contribution in [2.75, 3.05) is 33.4 Å². The minimum Gasteiger partial charge on any atom is -0.465 e. The number of rotatable bonds is 6. The van der Waals surface area contributed by atoms with Gasteiger partial charge in [0.2, 0.25) is 0 Å². The summed E-state index contributed by atoms with van der Waals surface area (Å²) in [5.74, 6) is 2.12. The van der Waals surface area contributed by atoms with Crippen molar-refractivity contribution in [1.29, 1.82) is 0 Å². The van der Waals surface area contributed by atoms with Crippen LogP contribution in [0.15, 0.2) is 16.5 Å². The van der Waals surface area contributed by atoms with Crippen LogP contribution in [0.25, 0.3) is 0 Å². The third-order valence-corrected chi connectivity index (χ3v) is 3.31. The predicted molar refractivity (Wildman–Crippen MR) is 69.6 cm³/mol. The summed E-state index contributed by atoms with van der Waals surface area (Å²) in [6.07, 6.45) is 2.21. The number of methoxy groups -OCH3 is 1. The Kier molecular flexibility index (Phi) is 5.23. The summed E-state index contributed by atoms with van der Waals surface area (Å²) in [6.45, 7) is 6.50. The van der Waals surface area contributed by atoms with Crippen LogP contribution in [-0.4, -0.2) is 44.4 Å². The Balaban J connectivity index is 1.81. The molecule has 18 heavy (non-hydrogen) atoms. The summed E-state index contributed by atoms with van der Waals surface area (Å²) in [4.78, 5) is 2.39. The van der Waals surface area contributed by atoms with Crippen LogP contribution in [0, 0.1) is 0 Å². The number of morpholine rings is 1. The Labute approximate surface area is 109 Å². The zero-order valence-electron chi connectivity index (χ0n) is 11.4. The van der Waals surface area contributed by atoms with Gasteiger partial charge in [0.1, 0.15) is 11.5 Å². The van der Waals surface area contributed by atoms with Gasteiger partial charge in [-0.25, -0.2) is 0 Å². The molecule has 102 valence electrons. The Morgan fingerprint density at radius 2 is 2.22 bits per heavy atom. The van der Waals surface area contributed by atoms with Crippen molar-refractivity contribution in [3.8, 4) is 0 Å². The first-order chi connectivity index (χ1) is 8.81. The van der Waals surface area contributed by atoms with Gasteiger partial charge in [0, 0.05) is 33.2 Å². The second-order valence-electron chi connectivity index (χ2n) is 4.73. The Bertz CT molecular complexity index is 351. The van der Waals surface area contributed by atoms with Gasteiger partial charge in [0.05, 0.1) is 19.3 Å². The molecule has 4 heteroatoms. The van der Waals surface area contributed by atoms with E-state index in [1.54, 1.807) is 7.11 Å². The zero-order valence-corrected chi connectivity index (χ0v) is 11.4. The SMILES string of the molecule is CCc1ccc(CN2CCO[C@@H](CCOC)C2)o1. The van der Waals surface area contributed by atoms with Gasteiger partial charge in [-0.15, -0.1) is 0 Å². The highest BCUT2D eigenvalue weighted by atomic mass is 16.5. The van der Waals surface area contributed by atoms with E-state index in [1.165, 1.54) is 0 Å². The van der Waals surface area contributed by atoms with Crippen LogP contribution in [0.2, 0.25) is 0 Å². The molecular formula is C14H23NO3. The molecule has 0 unspecified atom stereocenters. The molecule has 0 amide bonds. The van der Waals surface area contributed by atoms with Crippen molar-refractivity contribution < 1.29 is 13.9 Å². The quantitative estimate of drug-likeness (QED) is 0.777. The summed E-state index contributed by atoms with van der Waals surface area (Å²) in [5.41, 5.74) is 0. The number of hydrogen-bond acceptors (Lipinski definition) is 4. The van der Waals surface area contributed by atoms with Gasteiger partial charge >= 0.3 is 0 Å². The highest BCUT2D eigenvalue weighted by Crippen LogP contribution is 2.15. The van der Waals surface area contributed by atoms with E-state index in [0.717, 1.165) is 57.2 Å². The van der Waals surface area contributed by atoms with Crippen LogP contribution >= 0.6 is 0 Å². The number of furan rings is 1. The Morgan fingerprint density at radius 3 is 2.94 bits per heavy atom. The van der Waals surface area contributed by atoms with Crippen molar-refractivity contribution in [2.24, 2.45) is 0 Å². The van der Waals surface area contributed by atoms with Crippen molar-refractivity contribution in [3.05, 3.63) is 23.7 Å². The molecule has 0 aromatic carbocycles. The maximum atomic E-state index is 5.74. The van der Waals surface area contributed by atoms with E-state index in [1.807, 2.05) is 0 Å². The van der Waals surface area contributed by atoms with E-state index in [-0.39, 0.29) is 0 Å². The maximum absolute atomic E-state index is 5.74. The summed E-state index contributed by atoms with van der Waals surface area (Å²) in [5, 5.41) is 0. The lowest BCUT2D eigenvalue weighted by atomic mass is 10.2. The third kappa shape index (κ3) is 3.83. The van der Waals surface area contributed by atoms with E-state index in [9.17, 15) is 0 Å². The van der Waals surface area contributed by atoms with E-state index in [0.29, 0.717) is 6.10 Å². The average Bonchev–Trinajstić information content (AvgIpc) is 2.84. The second-order valence-corrected chi connectivity index (χ2v) is 4.73. The second kappa shape index (κ2) is 6.92. The lowest BCUT2D eigenvalue weighted by molar-refractivity contribution is -0.0448. The highest BCUT2D eigenvalue weighted by Gasteiger charge is 2.20. The summed E-state index contributed by atoms with van der Waals surface area (Å²) >= 11 is 0. The van der Waals surface area contributed by atoms with Gasteiger partial charge in [-0.2, -0.15) is 0 Å². The molecule has 1 aliphatic rings. The van der Waals surface area contributed by atoms with Crippen LogP contribution in [0.3, 0.4) is 0 Å². The van der Waals surface area contributed by atoms with Gasteiger partial charge in [-0.1, -0.05) is 6.92 Å². The molecule has 4 nitrogen and oxygen atoms in total. The molecule has 2 rings (SSSR count). The smallest absolute Gasteiger partial charge is 0.118 e. The molecular weight excluding hydrogens is 230 g/mol. The molecule has 0 aliphatic carbocycles. The molecule has 0 bridgehead atoms. The van der Waals surface area contributed by atoms with Crippen molar-refractivity contribution in [3.63, 3.8) is 0 Å². The fourth-order valence-electron chi connectivity index (χ4n) is 2.27. The Morgan fingerprint density at radius 1 is 1.39 bits per heavy atom. The van der Waals surface area contributed by atoms with E-state index in [4.69, 9.17) is 13.9 Å². The molecule has 1 atom stereocenters. The number of nitrogens with zero attached hydrogens (tertiary/aromatic N) is 1. The van der Waals surface area contributed by atoms with Crippen LogP contribution in [0.1, 0.15) is 24.9 Å². The standard InChI is InChI=1S/C14H23NO3/c1-3-12-4-5-14(18-12)11-15-7-9-17-13(10-15)6-8-16-2/h4-5,13H,3,6-11H2,1-2H3/t13-/m0/s1. The lowest BCUT2D eigenvalue weighted by Gasteiger charge is -2.32. The fourth-order valence-corrected chi connectivity index (χ4v) is 2.27. The average molecular weight is 253 g/mol. The van der Waals surface area contributed by atoms with Crippen LogP contribution in [0.4, 0.5) is 0 Å². The topological polar surface area (TPSA) is 34.8 Å². The van der Waals surface area contributed by atoms with Gasteiger partial charge in [-0.3, -0.25) is 4.90 Å². The normalized spacial score (nSPS) is 21.3. The van der Waals surface area contributed by atoms with Crippen molar-refractivity contribution in [1.82, 2.24) is 4.90 Å². The molecule has 1 aliphatic heterocycles. The van der Waals surface area contributed by atoms with Gasteiger partial charge in [0.25, 0.3) is 0 Å².